The quantitative estimate of drug-likeness (QED) is 0.0719. The number of rotatable bonds is 18. The molecule has 5 aromatic rings. The van der Waals surface area contributed by atoms with Crippen molar-refractivity contribution in [3.05, 3.63) is 130 Å². The normalized spacial score (nSPS) is 16.9. The first-order valence-corrected chi connectivity index (χ1v) is 24.2. The number of nitrogens with one attached hydrogen (secondary N) is 3. The molecule has 0 saturated carbocycles. The summed E-state index contributed by atoms with van der Waals surface area (Å²) in [6, 6.07) is 27.4. The van der Waals surface area contributed by atoms with Gasteiger partial charge >= 0.3 is 0 Å². The first-order valence-electron chi connectivity index (χ1n) is 24.2. The van der Waals surface area contributed by atoms with Gasteiger partial charge in [0.15, 0.2) is 17.3 Å². The number of para-hydroxylation sites is 2. The molecule has 0 aromatic heterocycles. The Bertz CT molecular complexity index is 2980. The van der Waals surface area contributed by atoms with E-state index in [9.17, 15) is 28.8 Å². The van der Waals surface area contributed by atoms with Crippen molar-refractivity contribution in [2.24, 2.45) is 10.9 Å². The third-order valence-corrected chi connectivity index (χ3v) is 13.6. The Labute approximate surface area is 412 Å². The summed E-state index contributed by atoms with van der Waals surface area (Å²) in [5.74, 6) is -0.604. The maximum absolute atomic E-state index is 14.1. The summed E-state index contributed by atoms with van der Waals surface area (Å²) in [7, 11) is 1.51. The average Bonchev–Trinajstić information content (AvgIpc) is 3.85. The van der Waals surface area contributed by atoms with Gasteiger partial charge in [-0.15, -0.1) is 0 Å². The fraction of sp³-hybridized carbons (Fsp3) is 0.339. The number of fused-ring (bicyclic) bond motifs is 8. The Kier molecular flexibility index (Phi) is 14.0. The Morgan fingerprint density at radius 3 is 2.15 bits per heavy atom. The number of unbranched alkanes of at least 4 members (excludes halogenated alkanes) is 1. The predicted octanol–water partition coefficient (Wildman–Crippen LogP) is 8.63. The lowest BCUT2D eigenvalue weighted by Gasteiger charge is -2.22. The molecule has 0 aliphatic carbocycles. The van der Waals surface area contributed by atoms with E-state index in [-0.39, 0.29) is 67.4 Å². The van der Waals surface area contributed by atoms with Gasteiger partial charge in [-0.1, -0.05) is 43.3 Å². The second-order valence-electron chi connectivity index (χ2n) is 19.0. The highest BCUT2D eigenvalue weighted by Gasteiger charge is 2.38. The molecule has 5 aromatic carbocycles. The van der Waals surface area contributed by atoms with Crippen LogP contribution in [0.15, 0.2) is 96.0 Å². The van der Waals surface area contributed by atoms with Crippen molar-refractivity contribution < 1.29 is 43.0 Å². The van der Waals surface area contributed by atoms with Gasteiger partial charge in [0.2, 0.25) is 11.8 Å². The molecule has 4 aliphatic heterocycles. The third kappa shape index (κ3) is 10.4. The van der Waals surface area contributed by atoms with Crippen molar-refractivity contribution in [2.75, 3.05) is 34.1 Å². The van der Waals surface area contributed by atoms with E-state index in [1.807, 2.05) is 72.5 Å². The lowest BCUT2D eigenvalue weighted by atomic mass is 9.99. The number of ketones is 2. The summed E-state index contributed by atoms with van der Waals surface area (Å²) >= 11 is 0. The summed E-state index contributed by atoms with van der Waals surface area (Å²) in [6.45, 7) is 7.36. The fourth-order valence-electron chi connectivity index (χ4n) is 9.83. The second-order valence-corrected chi connectivity index (χ2v) is 19.0. The summed E-state index contributed by atoms with van der Waals surface area (Å²) in [5, 5.41) is 9.21. The smallest absolute Gasteiger partial charge is 0.261 e. The van der Waals surface area contributed by atoms with Crippen molar-refractivity contribution in [1.29, 1.82) is 0 Å². The van der Waals surface area contributed by atoms with Crippen LogP contribution in [0.25, 0.3) is 0 Å². The van der Waals surface area contributed by atoms with Crippen LogP contribution in [-0.4, -0.2) is 73.2 Å². The molecule has 2 unspecified atom stereocenters. The van der Waals surface area contributed by atoms with Crippen LogP contribution in [0.5, 0.6) is 17.2 Å². The van der Waals surface area contributed by atoms with E-state index in [1.54, 1.807) is 49.2 Å². The first-order chi connectivity index (χ1) is 34.2. The molecule has 4 amide bonds. The summed E-state index contributed by atoms with van der Waals surface area (Å²) in [4.78, 5) is 87.2. The van der Waals surface area contributed by atoms with E-state index in [2.05, 4.69) is 22.0 Å². The number of amides is 4. The van der Waals surface area contributed by atoms with Crippen molar-refractivity contribution in [2.45, 2.75) is 104 Å². The van der Waals surface area contributed by atoms with Crippen molar-refractivity contribution in [3.8, 4) is 17.2 Å². The Morgan fingerprint density at radius 1 is 0.775 bits per heavy atom. The van der Waals surface area contributed by atoms with E-state index >= 15 is 0 Å². The number of hydrogen-bond acceptors (Lipinski definition) is 11. The highest BCUT2D eigenvalue weighted by Crippen LogP contribution is 2.42. The molecule has 15 nitrogen and oxygen atoms in total. The minimum Gasteiger partial charge on any atom is -0.493 e. The number of methoxy groups -OCH3 is 1. The van der Waals surface area contributed by atoms with Crippen LogP contribution in [0, 0.1) is 12.8 Å². The van der Waals surface area contributed by atoms with Gasteiger partial charge in [-0.25, -0.2) is 0 Å². The van der Waals surface area contributed by atoms with Crippen molar-refractivity contribution >= 4 is 69.8 Å². The fourth-order valence-corrected chi connectivity index (χ4v) is 9.83. The van der Waals surface area contributed by atoms with Crippen LogP contribution in [0.4, 0.5) is 28.4 Å². The summed E-state index contributed by atoms with van der Waals surface area (Å²) < 4.78 is 18.7. The van der Waals surface area contributed by atoms with Crippen LogP contribution < -0.4 is 40.0 Å². The Balaban J connectivity index is 0.928. The number of aryl methyl sites for hydroxylation is 1. The van der Waals surface area contributed by atoms with E-state index in [0.717, 1.165) is 34.5 Å². The molecule has 366 valence electrons. The number of anilines is 4. The van der Waals surface area contributed by atoms with Crippen LogP contribution in [0.1, 0.15) is 101 Å². The van der Waals surface area contributed by atoms with E-state index in [4.69, 9.17) is 19.2 Å². The molecular weight excluding hydrogens is 901 g/mol. The molecule has 0 fully saturated rings. The molecule has 4 atom stereocenters. The number of aliphatic imine (C=N–C) groups is 1. The standard InChI is InChI=1S/C56H58N6O9/c1-32-18-43-45(57-28-41-23-38-13-7-9-15-47(38)61(41)55(43)67)26-50(32)70-30-36-20-37(22-40(21-36)60-54(66)33(2)19-49(64)35(4)59-53(65)17-11-6-12-34(3)63)31-71-52-27-46-44(25-51(52)69-5)56(68)62-42(29-58-46)24-39-14-8-10-16-48(39)62/h7-10,13-16,18,20-22,25-27,29,33,35,41-42,57H,6,11-12,17,19,23-24,28,30-31H2,1-5H3,(H,59,65)(H,60,66)/t33?,35?,41-,42-/m0/s1. The molecule has 71 heavy (non-hydrogen) atoms. The molecule has 9 rings (SSSR count). The number of carbonyl (C=O) groups is 6. The Morgan fingerprint density at radius 2 is 1.44 bits per heavy atom. The zero-order valence-electron chi connectivity index (χ0n) is 40.6. The molecule has 15 heteroatoms. The SMILES string of the molecule is COc1cc2c(cc1OCc1cc(COc3cc4c(cc3C)C(=O)N3c5ccccc5C[C@H]3CN4)cc(NC(=O)C(C)CC(=O)C(C)NC(=O)CCCCC(C)=O)c1)N=C[C@@H]1Cc3ccccc3N1C2=O. The molecule has 0 bridgehead atoms. The number of hydrogen-bond donors (Lipinski definition) is 3. The molecular formula is C56H58N6O9. The third-order valence-electron chi connectivity index (χ3n) is 13.6. The lowest BCUT2D eigenvalue weighted by Crippen LogP contribution is -2.39. The zero-order chi connectivity index (χ0) is 49.9. The molecule has 3 N–H and O–H groups in total. The zero-order valence-corrected chi connectivity index (χ0v) is 40.6. The number of carbonyl (C=O) groups excluding carboxylic acids is 6. The van der Waals surface area contributed by atoms with E-state index < -0.39 is 17.9 Å². The minimum atomic E-state index is -0.795. The van der Waals surface area contributed by atoms with Crippen molar-refractivity contribution in [3.63, 3.8) is 0 Å². The monoisotopic (exact) mass is 958 g/mol. The van der Waals surface area contributed by atoms with Gasteiger partial charge in [0.25, 0.3) is 11.8 Å². The average molecular weight is 959 g/mol. The largest absolute Gasteiger partial charge is 0.493 e. The number of nitrogens with zero attached hydrogens (tertiary/aromatic N) is 3. The summed E-state index contributed by atoms with van der Waals surface area (Å²) in [5.41, 5.74) is 8.71. The van der Waals surface area contributed by atoms with E-state index in [0.29, 0.717) is 88.8 Å². The summed E-state index contributed by atoms with van der Waals surface area (Å²) in [6.07, 6.45) is 4.86. The second kappa shape index (κ2) is 20.6. The van der Waals surface area contributed by atoms with Gasteiger partial charge < -0.3 is 39.9 Å². The van der Waals surface area contributed by atoms with Crippen LogP contribution in [-0.2, 0) is 45.2 Å². The molecule has 4 heterocycles. The maximum atomic E-state index is 14.1. The number of Topliss-reactive ketones (excluding diaryl/α,β-unsaturated/α-hetero) is 2. The van der Waals surface area contributed by atoms with E-state index in [1.165, 1.54) is 14.0 Å². The highest BCUT2D eigenvalue weighted by atomic mass is 16.5. The van der Waals surface area contributed by atoms with Gasteiger partial charge in [0, 0.05) is 73.6 Å². The van der Waals surface area contributed by atoms with Gasteiger partial charge in [0.1, 0.15) is 24.7 Å². The highest BCUT2D eigenvalue weighted by molar-refractivity contribution is 6.15. The molecule has 4 aliphatic rings. The van der Waals surface area contributed by atoms with Crippen molar-refractivity contribution in [1.82, 2.24) is 5.32 Å². The lowest BCUT2D eigenvalue weighted by molar-refractivity contribution is -0.129. The van der Waals surface area contributed by atoms with Gasteiger partial charge in [-0.3, -0.25) is 33.9 Å². The number of ether oxygens (including phenoxy) is 3. The van der Waals surface area contributed by atoms with Gasteiger partial charge in [-0.05, 0) is 110 Å². The van der Waals surface area contributed by atoms with Crippen LogP contribution >= 0.6 is 0 Å². The van der Waals surface area contributed by atoms with Gasteiger partial charge in [-0.2, -0.15) is 0 Å². The number of benzene rings is 5. The maximum Gasteiger partial charge on any atom is 0.261 e. The predicted molar refractivity (Wildman–Crippen MR) is 272 cm³/mol. The molecule has 0 saturated heterocycles. The van der Waals surface area contributed by atoms with Crippen LogP contribution in [0.2, 0.25) is 0 Å². The van der Waals surface area contributed by atoms with Gasteiger partial charge in [0.05, 0.1) is 47.7 Å². The Hall–Kier alpha value is -7.81. The minimum absolute atomic E-state index is 0.0162. The molecule has 0 spiro atoms. The topological polar surface area (TPSA) is 185 Å². The van der Waals surface area contributed by atoms with Crippen LogP contribution in [0.3, 0.4) is 0 Å². The first kappa shape index (κ1) is 48.2. The molecule has 0 radical (unpaired) electrons.